The number of unbranched alkanes of at least 4 members (excludes halogenated alkanes) is 4. The van der Waals surface area contributed by atoms with E-state index in [4.69, 9.17) is 4.74 Å². The van der Waals surface area contributed by atoms with E-state index in [2.05, 4.69) is 44.2 Å². The molecule has 3 fully saturated rings. The van der Waals surface area contributed by atoms with Gasteiger partial charge >= 0.3 is 0 Å². The highest BCUT2D eigenvalue weighted by atomic mass is 32.2. The topological polar surface area (TPSA) is 66.8 Å². The van der Waals surface area contributed by atoms with Gasteiger partial charge in [0.1, 0.15) is 11.5 Å². The number of aryl methyl sites for hydroxylation is 1. The zero-order valence-corrected chi connectivity index (χ0v) is 26.0. The van der Waals surface area contributed by atoms with E-state index in [0.717, 1.165) is 87.9 Å². The second kappa shape index (κ2) is 11.7. The van der Waals surface area contributed by atoms with E-state index in [1.165, 1.54) is 29.5 Å². The van der Waals surface area contributed by atoms with E-state index >= 15 is 0 Å². The van der Waals surface area contributed by atoms with Crippen LogP contribution in [0.2, 0.25) is 0 Å². The molecule has 0 spiro atoms. The molecule has 0 heterocycles. The Balaban J connectivity index is 1.14. The van der Waals surface area contributed by atoms with Crippen LogP contribution >= 0.6 is 0 Å². The number of rotatable bonds is 12. The molecule has 4 aliphatic rings. The Hall–Kier alpha value is -1.85. The average Bonchev–Trinajstić information content (AvgIpc) is 3.34. The number of phenolic OH excluding ortho intramolecular Hbond substituents is 1. The first kappa shape index (κ1) is 29.2. The van der Waals surface area contributed by atoms with Crippen LogP contribution in [0.5, 0.6) is 11.5 Å². The van der Waals surface area contributed by atoms with Crippen molar-refractivity contribution in [1.29, 1.82) is 0 Å². The predicted molar refractivity (Wildman–Crippen MR) is 167 cm³/mol. The largest absolute Gasteiger partial charge is 0.508 e. The first-order valence-corrected chi connectivity index (χ1v) is 17.9. The number of hydrogen-bond donors (Lipinski definition) is 2. The zero-order chi connectivity index (χ0) is 28.7. The summed E-state index contributed by atoms with van der Waals surface area (Å²) in [5.41, 5.74) is 3.74. The molecule has 0 aromatic heterocycles. The molecule has 0 radical (unpaired) electrons. The molecular weight excluding hydrogens is 528 g/mol. The van der Waals surface area contributed by atoms with Crippen LogP contribution in [0.3, 0.4) is 0 Å². The van der Waals surface area contributed by atoms with E-state index in [-0.39, 0.29) is 10.8 Å². The van der Waals surface area contributed by atoms with Gasteiger partial charge in [-0.05, 0) is 135 Å². The molecule has 5 heteroatoms. The van der Waals surface area contributed by atoms with E-state index in [1.54, 1.807) is 0 Å². The molecule has 0 saturated heterocycles. The number of benzene rings is 2. The van der Waals surface area contributed by atoms with Crippen molar-refractivity contribution in [2.45, 2.75) is 115 Å². The lowest BCUT2D eigenvalue weighted by atomic mass is 9.45. The van der Waals surface area contributed by atoms with Gasteiger partial charge in [-0.25, -0.2) is 0 Å². The van der Waals surface area contributed by atoms with Crippen LogP contribution in [0.4, 0.5) is 0 Å². The van der Waals surface area contributed by atoms with E-state index in [9.17, 15) is 14.4 Å². The fourth-order valence-corrected chi connectivity index (χ4v) is 11.1. The molecule has 5 atom stereocenters. The van der Waals surface area contributed by atoms with Crippen molar-refractivity contribution in [3.63, 3.8) is 0 Å². The summed E-state index contributed by atoms with van der Waals surface area (Å²) in [5, 5.41) is 22.1. The van der Waals surface area contributed by atoms with Gasteiger partial charge in [-0.3, -0.25) is 4.21 Å². The summed E-state index contributed by atoms with van der Waals surface area (Å²) < 4.78 is 18.2. The van der Waals surface area contributed by atoms with E-state index in [0.29, 0.717) is 30.1 Å². The fraction of sp³-hybridized carbons (Fsp3) is 0.667. The van der Waals surface area contributed by atoms with Gasteiger partial charge < -0.3 is 14.9 Å². The number of ether oxygens (including phenoxy) is 1. The van der Waals surface area contributed by atoms with Gasteiger partial charge in [0.2, 0.25) is 0 Å². The lowest BCUT2D eigenvalue weighted by molar-refractivity contribution is -0.108. The van der Waals surface area contributed by atoms with Crippen molar-refractivity contribution in [1.82, 2.24) is 0 Å². The normalized spacial score (nSPS) is 34.1. The average molecular weight is 579 g/mol. The second-order valence-corrected chi connectivity index (χ2v) is 15.6. The Morgan fingerprint density at radius 1 is 0.951 bits per heavy atom. The third-order valence-corrected chi connectivity index (χ3v) is 13.6. The summed E-state index contributed by atoms with van der Waals surface area (Å²) in [6, 6.07) is 14.9. The van der Waals surface area contributed by atoms with E-state index in [1.807, 2.05) is 12.1 Å². The summed E-state index contributed by atoms with van der Waals surface area (Å²) in [7, 11) is -0.664. The molecule has 0 aliphatic heterocycles. The van der Waals surface area contributed by atoms with Gasteiger partial charge in [0, 0.05) is 27.7 Å². The highest BCUT2D eigenvalue weighted by molar-refractivity contribution is 7.84. The highest BCUT2D eigenvalue weighted by Gasteiger charge is 2.74. The summed E-state index contributed by atoms with van der Waals surface area (Å²) in [6.45, 7) is 5.30. The van der Waals surface area contributed by atoms with Gasteiger partial charge in [0.15, 0.2) is 0 Å². The number of aromatic hydroxyl groups is 1. The molecule has 224 valence electrons. The molecule has 41 heavy (non-hydrogen) atoms. The minimum atomic E-state index is -0.664. The number of phenols is 1. The SMILES string of the molecule is CCCCCS(=O)CCCCCOc1ccc([C@H]2C[C@]3(C)C4(O)CCC3(CC4)[C@@H]3CCc4cc(O)ccc4[C@@H]23)cc1. The van der Waals surface area contributed by atoms with Crippen molar-refractivity contribution in [3.8, 4) is 11.5 Å². The van der Waals surface area contributed by atoms with Gasteiger partial charge in [-0.1, -0.05) is 44.9 Å². The van der Waals surface area contributed by atoms with Crippen LogP contribution in [-0.2, 0) is 17.2 Å². The maximum Gasteiger partial charge on any atom is 0.119 e. The van der Waals surface area contributed by atoms with Crippen molar-refractivity contribution in [2.75, 3.05) is 18.1 Å². The monoisotopic (exact) mass is 578 g/mol. The lowest BCUT2D eigenvalue weighted by Gasteiger charge is -2.59. The highest BCUT2D eigenvalue weighted by Crippen LogP contribution is 2.79. The van der Waals surface area contributed by atoms with E-state index < -0.39 is 16.4 Å². The molecule has 3 saturated carbocycles. The Kier molecular flexibility index (Phi) is 8.33. The molecule has 4 nitrogen and oxygen atoms in total. The van der Waals surface area contributed by atoms with Crippen LogP contribution in [-0.4, -0.2) is 38.1 Å². The van der Waals surface area contributed by atoms with Gasteiger partial charge in [-0.15, -0.1) is 0 Å². The molecule has 1 unspecified atom stereocenters. The first-order valence-electron chi connectivity index (χ1n) is 16.4. The molecule has 2 aromatic carbocycles. The number of hydrogen-bond acceptors (Lipinski definition) is 4. The maximum atomic E-state index is 12.1. The van der Waals surface area contributed by atoms with Crippen LogP contribution in [0.25, 0.3) is 0 Å². The van der Waals surface area contributed by atoms with Crippen LogP contribution in [0.1, 0.15) is 119 Å². The number of aliphatic hydroxyl groups is 1. The van der Waals surface area contributed by atoms with Gasteiger partial charge in [-0.2, -0.15) is 0 Å². The van der Waals surface area contributed by atoms with Gasteiger partial charge in [0.25, 0.3) is 0 Å². The number of fused-ring (bicyclic) bond motifs is 3. The summed E-state index contributed by atoms with van der Waals surface area (Å²) in [6.07, 6.45) is 13.9. The van der Waals surface area contributed by atoms with Crippen molar-refractivity contribution < 1.29 is 19.2 Å². The second-order valence-electron chi connectivity index (χ2n) is 13.9. The first-order chi connectivity index (χ1) is 19.8. The predicted octanol–water partition coefficient (Wildman–Crippen LogP) is 8.03. The van der Waals surface area contributed by atoms with Crippen molar-refractivity contribution in [3.05, 3.63) is 59.2 Å². The molecule has 2 N–H and O–H groups in total. The summed E-state index contributed by atoms with van der Waals surface area (Å²) in [4.78, 5) is 0. The van der Waals surface area contributed by atoms with Crippen molar-refractivity contribution >= 4 is 10.8 Å². The maximum absolute atomic E-state index is 12.1. The van der Waals surface area contributed by atoms with Crippen LogP contribution < -0.4 is 4.74 Å². The molecule has 2 aromatic rings. The van der Waals surface area contributed by atoms with Gasteiger partial charge in [0.05, 0.1) is 12.2 Å². The summed E-state index contributed by atoms with van der Waals surface area (Å²) >= 11 is 0. The molecule has 2 bridgehead atoms. The Morgan fingerprint density at radius 2 is 1.68 bits per heavy atom. The zero-order valence-electron chi connectivity index (χ0n) is 25.2. The summed E-state index contributed by atoms with van der Waals surface area (Å²) in [5.74, 6) is 4.30. The fourth-order valence-electron chi connectivity index (χ4n) is 9.86. The third kappa shape index (κ3) is 5.07. The standard InChI is InChI=1S/C36H50O4S/c1-3-4-7-22-41(39)23-8-5-6-21-40-29-13-9-26(10-14-29)31-25-34(2)35(17-19-36(34,38)20-18-35)32-16-11-27-24-28(37)12-15-30(27)33(31)32/h9-10,12-15,24,31-33,37-38H,3-8,11,16-23,25H2,1-2H3/t31-,32-,33+,34+,35?,36?,41?/m1/s1. The molecule has 4 aliphatic carbocycles. The molecule has 6 rings (SSSR count). The third-order valence-electron chi connectivity index (χ3n) is 12.1. The Morgan fingerprint density at radius 3 is 2.41 bits per heavy atom. The van der Waals surface area contributed by atoms with Crippen molar-refractivity contribution in [2.24, 2.45) is 16.7 Å². The quantitative estimate of drug-likeness (QED) is 0.250. The minimum Gasteiger partial charge on any atom is -0.508 e. The molecular formula is C36H50O4S. The Labute approximate surface area is 249 Å². The van der Waals surface area contributed by atoms with Crippen LogP contribution in [0, 0.1) is 16.7 Å². The Bertz CT molecular complexity index is 1230. The van der Waals surface area contributed by atoms with Crippen LogP contribution in [0.15, 0.2) is 42.5 Å². The molecule has 0 amide bonds. The smallest absolute Gasteiger partial charge is 0.119 e. The minimum absolute atomic E-state index is 0.0465. The lowest BCUT2D eigenvalue weighted by Crippen LogP contribution is -2.54.